The van der Waals surface area contributed by atoms with Gasteiger partial charge in [0, 0.05) is 6.61 Å². The Kier molecular flexibility index (Phi) is 29.7. The molecular formula is C34H73NO6P+. The van der Waals surface area contributed by atoms with Crippen LogP contribution in [0.1, 0.15) is 161 Å². The van der Waals surface area contributed by atoms with Crippen LogP contribution in [0.5, 0.6) is 0 Å². The van der Waals surface area contributed by atoms with Crippen LogP contribution in [0, 0.1) is 0 Å². The molecule has 0 aromatic heterocycles. The average molecular weight is 623 g/mol. The number of unbranched alkanes of at least 4 members (excludes halogenated alkanes) is 23. The highest BCUT2D eigenvalue weighted by atomic mass is 31.2. The van der Waals surface area contributed by atoms with Crippen LogP contribution in [-0.2, 0) is 18.3 Å². The molecule has 42 heavy (non-hydrogen) atoms. The first kappa shape index (κ1) is 42.0. The molecule has 0 aromatic carbocycles. The second-order valence-electron chi connectivity index (χ2n) is 13.5. The summed E-state index contributed by atoms with van der Waals surface area (Å²) in [4.78, 5) is 9.68. The number of hydrogen-bond acceptors (Lipinski definition) is 5. The van der Waals surface area contributed by atoms with Crippen molar-refractivity contribution in [3.8, 4) is 0 Å². The molecule has 0 amide bonds. The van der Waals surface area contributed by atoms with Gasteiger partial charge >= 0.3 is 7.82 Å². The van der Waals surface area contributed by atoms with Crippen molar-refractivity contribution in [3.05, 3.63) is 0 Å². The average Bonchev–Trinajstić information content (AvgIpc) is 2.93. The maximum Gasteiger partial charge on any atom is 0.472 e. The molecule has 0 spiro atoms. The molecule has 0 aliphatic rings. The van der Waals surface area contributed by atoms with Crippen LogP contribution in [0.2, 0.25) is 0 Å². The van der Waals surface area contributed by atoms with Gasteiger partial charge in [0.1, 0.15) is 19.3 Å². The third-order valence-electron chi connectivity index (χ3n) is 7.90. The van der Waals surface area contributed by atoms with Crippen molar-refractivity contribution >= 4 is 7.82 Å². The molecule has 254 valence electrons. The van der Waals surface area contributed by atoms with E-state index >= 15 is 0 Å². The van der Waals surface area contributed by atoms with Crippen molar-refractivity contribution in [1.82, 2.24) is 0 Å². The number of ether oxygens (including phenoxy) is 1. The molecule has 0 heterocycles. The van der Waals surface area contributed by atoms with Crippen LogP contribution in [0.25, 0.3) is 0 Å². The van der Waals surface area contributed by atoms with Crippen LogP contribution in [-0.4, -0.2) is 74.7 Å². The van der Waals surface area contributed by atoms with Crippen molar-refractivity contribution < 1.29 is 32.8 Å². The Morgan fingerprint density at radius 1 is 0.548 bits per heavy atom. The summed E-state index contributed by atoms with van der Waals surface area (Å²) in [6.07, 6.45) is 32.1. The van der Waals surface area contributed by atoms with Crippen molar-refractivity contribution in [1.29, 1.82) is 0 Å². The summed E-state index contributed by atoms with van der Waals surface area (Å²) in [5, 5.41) is 9.91. The molecular weight excluding hydrogens is 549 g/mol. The summed E-state index contributed by atoms with van der Waals surface area (Å²) in [5.74, 6) is 0. The smallest absolute Gasteiger partial charge is 0.388 e. The Morgan fingerprint density at radius 3 is 1.26 bits per heavy atom. The monoisotopic (exact) mass is 623 g/mol. The minimum atomic E-state index is -4.14. The van der Waals surface area contributed by atoms with E-state index in [0.29, 0.717) is 17.6 Å². The van der Waals surface area contributed by atoms with Gasteiger partial charge in [-0.25, -0.2) is 4.57 Å². The van der Waals surface area contributed by atoms with E-state index in [0.717, 1.165) is 12.8 Å². The quantitative estimate of drug-likeness (QED) is 0.0422. The van der Waals surface area contributed by atoms with E-state index in [9.17, 15) is 14.6 Å². The van der Waals surface area contributed by atoms with Crippen LogP contribution >= 0.6 is 7.82 Å². The minimum absolute atomic E-state index is 0.0955. The van der Waals surface area contributed by atoms with E-state index in [1.165, 1.54) is 141 Å². The molecule has 0 aromatic rings. The largest absolute Gasteiger partial charge is 0.472 e. The number of nitrogens with zero attached hydrogens (tertiary/aromatic N) is 1. The summed E-state index contributed by atoms with van der Waals surface area (Å²) in [5.41, 5.74) is 0. The first-order valence-electron chi connectivity index (χ1n) is 17.8. The zero-order chi connectivity index (χ0) is 31.2. The molecule has 0 saturated carbocycles. The molecule has 0 aliphatic heterocycles. The first-order chi connectivity index (χ1) is 20.2. The molecule has 0 aliphatic carbocycles. The number of likely N-dealkylation sites (N-methyl/N-ethyl adjacent to an activating group) is 1. The van der Waals surface area contributed by atoms with Crippen LogP contribution in [0.3, 0.4) is 0 Å². The lowest BCUT2D eigenvalue weighted by atomic mass is 10.0. The molecule has 0 saturated heterocycles. The fraction of sp³-hybridized carbons (Fsp3) is 1.00. The first-order valence-corrected chi connectivity index (χ1v) is 19.3. The van der Waals surface area contributed by atoms with E-state index in [-0.39, 0.29) is 19.8 Å². The Morgan fingerprint density at radius 2 is 0.905 bits per heavy atom. The van der Waals surface area contributed by atoms with Gasteiger partial charge in [0.2, 0.25) is 0 Å². The number of aliphatic hydroxyl groups is 1. The number of rotatable bonds is 34. The van der Waals surface area contributed by atoms with Gasteiger partial charge < -0.3 is 19.2 Å². The molecule has 8 heteroatoms. The topological polar surface area (TPSA) is 85.2 Å². The highest BCUT2D eigenvalue weighted by Gasteiger charge is 2.24. The van der Waals surface area contributed by atoms with Gasteiger partial charge in [0.15, 0.2) is 0 Å². The van der Waals surface area contributed by atoms with Crippen LogP contribution in [0.15, 0.2) is 0 Å². The molecule has 1 unspecified atom stereocenters. The van der Waals surface area contributed by atoms with Crippen molar-refractivity contribution in [2.75, 3.05) is 54.1 Å². The van der Waals surface area contributed by atoms with Gasteiger partial charge in [-0.15, -0.1) is 0 Å². The van der Waals surface area contributed by atoms with E-state index < -0.39 is 13.9 Å². The van der Waals surface area contributed by atoms with Gasteiger partial charge in [-0.2, -0.15) is 0 Å². The van der Waals surface area contributed by atoms with Crippen molar-refractivity contribution in [2.45, 2.75) is 167 Å². The molecule has 2 atom stereocenters. The summed E-state index contributed by atoms with van der Waals surface area (Å²) < 4.78 is 27.8. The number of aliphatic hydroxyl groups excluding tert-OH is 1. The SMILES string of the molecule is CCCCCCCCCCCCCCCCCCCCCCCCCCOC[C@H](O)COP(=O)(O)OCC[N+](C)(C)C. The maximum atomic E-state index is 11.9. The predicted molar refractivity (Wildman–Crippen MR) is 178 cm³/mol. The number of hydrogen-bond donors (Lipinski definition) is 2. The number of phosphoric ester groups is 1. The third kappa shape index (κ3) is 34.5. The zero-order valence-corrected chi connectivity index (χ0v) is 29.4. The van der Waals surface area contributed by atoms with Gasteiger partial charge in [-0.05, 0) is 6.42 Å². The second kappa shape index (κ2) is 29.7. The van der Waals surface area contributed by atoms with E-state index in [2.05, 4.69) is 6.92 Å². The maximum absolute atomic E-state index is 11.9. The van der Waals surface area contributed by atoms with Crippen molar-refractivity contribution in [2.24, 2.45) is 0 Å². The Hall–Kier alpha value is -0.0100. The van der Waals surface area contributed by atoms with Gasteiger partial charge in [-0.1, -0.05) is 155 Å². The summed E-state index contributed by atoms with van der Waals surface area (Å²) in [7, 11) is 1.76. The van der Waals surface area contributed by atoms with Gasteiger partial charge in [0.05, 0.1) is 34.4 Å². The van der Waals surface area contributed by atoms with Crippen LogP contribution in [0.4, 0.5) is 0 Å². The summed E-state index contributed by atoms with van der Waals surface area (Å²) in [6, 6.07) is 0. The summed E-state index contributed by atoms with van der Waals surface area (Å²) in [6.45, 7) is 3.39. The van der Waals surface area contributed by atoms with Gasteiger partial charge in [0.25, 0.3) is 0 Å². The lowest BCUT2D eigenvalue weighted by Crippen LogP contribution is -2.37. The summed E-state index contributed by atoms with van der Waals surface area (Å²) >= 11 is 0. The Labute approximate surface area is 261 Å². The standard InChI is InChI=1S/C34H72NO6P/c1-5-6-7-8-9-10-11-12-13-14-15-16-17-18-19-20-21-22-23-24-25-26-27-28-30-39-32-34(36)33-41-42(37,38)40-31-29-35(2,3)4/h34,36H,5-33H2,1-4H3/p+1/t34-/m0/s1. The zero-order valence-electron chi connectivity index (χ0n) is 28.5. The molecule has 0 radical (unpaired) electrons. The van der Waals surface area contributed by atoms with Crippen molar-refractivity contribution in [3.63, 3.8) is 0 Å². The minimum Gasteiger partial charge on any atom is -0.388 e. The van der Waals surface area contributed by atoms with Crippen LogP contribution < -0.4 is 0 Å². The fourth-order valence-corrected chi connectivity index (χ4v) is 5.83. The molecule has 0 fully saturated rings. The fourth-order valence-electron chi connectivity index (χ4n) is 5.08. The lowest BCUT2D eigenvalue weighted by molar-refractivity contribution is -0.870. The van der Waals surface area contributed by atoms with E-state index in [1.807, 2.05) is 21.1 Å². The van der Waals surface area contributed by atoms with E-state index in [4.69, 9.17) is 13.8 Å². The Balaban J connectivity index is 3.27. The number of quaternary nitrogens is 1. The second-order valence-corrected chi connectivity index (χ2v) is 14.9. The molecule has 0 bridgehead atoms. The predicted octanol–water partition coefficient (Wildman–Crippen LogP) is 9.59. The molecule has 2 N–H and O–H groups in total. The van der Waals surface area contributed by atoms with Gasteiger partial charge in [-0.3, -0.25) is 9.05 Å². The highest BCUT2D eigenvalue weighted by molar-refractivity contribution is 7.47. The normalized spacial score (nSPS) is 14.3. The molecule has 0 rings (SSSR count). The number of phosphoric acid groups is 1. The Bertz CT molecular complexity index is 601. The molecule has 7 nitrogen and oxygen atoms in total. The third-order valence-corrected chi connectivity index (χ3v) is 8.88. The van der Waals surface area contributed by atoms with E-state index in [1.54, 1.807) is 0 Å². The highest BCUT2D eigenvalue weighted by Crippen LogP contribution is 2.43. The lowest BCUT2D eigenvalue weighted by Gasteiger charge is -2.24.